The molecule has 2 aromatic carbocycles. The highest BCUT2D eigenvalue weighted by Gasteiger charge is 2.27. The molecule has 2 aromatic rings. The number of hydrogen-bond donors (Lipinski definition) is 1. The molecule has 3 rings (SSSR count). The maximum atomic E-state index is 13.0. The topological polar surface area (TPSA) is 58.6 Å². The van der Waals surface area contributed by atoms with Crippen molar-refractivity contribution in [3.05, 3.63) is 66.2 Å². The number of carbonyl (C=O) groups excluding carboxylic acids is 2. The van der Waals surface area contributed by atoms with Crippen molar-refractivity contribution in [2.45, 2.75) is 64.0 Å². The summed E-state index contributed by atoms with van der Waals surface area (Å²) in [6, 6.07) is 19.5. The third kappa shape index (κ3) is 7.42. The Morgan fingerprint density at radius 3 is 2.35 bits per heavy atom. The zero-order chi connectivity index (χ0) is 21.9. The maximum absolute atomic E-state index is 13.0. The first-order chi connectivity index (χ1) is 15.1. The molecule has 31 heavy (non-hydrogen) atoms. The van der Waals surface area contributed by atoms with Crippen molar-refractivity contribution in [2.75, 3.05) is 13.2 Å². The van der Waals surface area contributed by atoms with Crippen LogP contribution in [-0.4, -0.2) is 41.9 Å². The van der Waals surface area contributed by atoms with Crippen LogP contribution >= 0.6 is 0 Å². The van der Waals surface area contributed by atoms with Crippen LogP contribution in [0.25, 0.3) is 0 Å². The third-order valence-corrected chi connectivity index (χ3v) is 5.90. The van der Waals surface area contributed by atoms with Crippen molar-refractivity contribution in [1.29, 1.82) is 0 Å². The van der Waals surface area contributed by atoms with Gasteiger partial charge >= 0.3 is 0 Å². The number of amides is 2. The highest BCUT2D eigenvalue weighted by Crippen LogP contribution is 2.18. The van der Waals surface area contributed by atoms with Gasteiger partial charge in [0.05, 0.1) is 6.61 Å². The number of nitrogens with one attached hydrogen (secondary N) is 1. The van der Waals surface area contributed by atoms with Crippen LogP contribution < -0.4 is 10.1 Å². The van der Waals surface area contributed by atoms with E-state index in [2.05, 4.69) is 17.4 Å². The van der Waals surface area contributed by atoms with E-state index in [4.69, 9.17) is 4.74 Å². The summed E-state index contributed by atoms with van der Waals surface area (Å²) in [4.78, 5) is 27.6. The van der Waals surface area contributed by atoms with Crippen LogP contribution in [0.4, 0.5) is 0 Å². The van der Waals surface area contributed by atoms with E-state index in [0.717, 1.165) is 43.4 Å². The highest BCUT2D eigenvalue weighted by atomic mass is 16.5. The van der Waals surface area contributed by atoms with Crippen LogP contribution in [0.1, 0.15) is 51.0 Å². The molecule has 1 N–H and O–H groups in total. The summed E-state index contributed by atoms with van der Waals surface area (Å²) < 4.78 is 5.71. The molecule has 0 saturated heterocycles. The van der Waals surface area contributed by atoms with E-state index < -0.39 is 6.04 Å². The van der Waals surface area contributed by atoms with Gasteiger partial charge < -0.3 is 15.0 Å². The summed E-state index contributed by atoms with van der Waals surface area (Å²) >= 11 is 0. The van der Waals surface area contributed by atoms with Crippen LogP contribution in [-0.2, 0) is 16.0 Å². The third-order valence-electron chi connectivity index (χ3n) is 5.90. The van der Waals surface area contributed by atoms with Gasteiger partial charge in [-0.2, -0.15) is 0 Å². The van der Waals surface area contributed by atoms with Crippen LogP contribution in [0.5, 0.6) is 5.75 Å². The van der Waals surface area contributed by atoms with Gasteiger partial charge in [-0.3, -0.25) is 9.59 Å². The highest BCUT2D eigenvalue weighted by molar-refractivity contribution is 5.87. The molecule has 2 amide bonds. The largest absolute Gasteiger partial charge is 0.494 e. The summed E-state index contributed by atoms with van der Waals surface area (Å²) in [6.07, 6.45) is 6.11. The van der Waals surface area contributed by atoms with E-state index in [0.29, 0.717) is 26.0 Å². The molecule has 0 radical (unpaired) electrons. The lowest BCUT2D eigenvalue weighted by atomic mass is 10.1. The summed E-state index contributed by atoms with van der Waals surface area (Å²) in [5.74, 6) is 0.760. The van der Waals surface area contributed by atoms with Gasteiger partial charge in [0.25, 0.3) is 0 Å². The number of hydrogen-bond acceptors (Lipinski definition) is 3. The standard InChI is InChI=1S/C26H34N2O3/c1-21(26(30)27-23-13-8-9-14-23)28(19-18-22-11-4-2-5-12-22)25(29)17-10-20-31-24-15-6-3-7-16-24/h2-7,11-12,15-16,21,23H,8-10,13-14,17-20H2,1H3,(H,27,30)/t21-/m0/s1. The van der Waals surface area contributed by atoms with Crippen molar-refractivity contribution in [2.24, 2.45) is 0 Å². The summed E-state index contributed by atoms with van der Waals surface area (Å²) in [7, 11) is 0. The molecular formula is C26H34N2O3. The lowest BCUT2D eigenvalue weighted by molar-refractivity contribution is -0.140. The Morgan fingerprint density at radius 1 is 1.03 bits per heavy atom. The predicted octanol–water partition coefficient (Wildman–Crippen LogP) is 4.36. The minimum Gasteiger partial charge on any atom is -0.494 e. The number of rotatable bonds is 11. The monoisotopic (exact) mass is 422 g/mol. The summed E-state index contributed by atoms with van der Waals surface area (Å²) in [5.41, 5.74) is 1.16. The van der Waals surface area contributed by atoms with Crippen LogP contribution in [0, 0.1) is 0 Å². The zero-order valence-electron chi connectivity index (χ0n) is 18.5. The molecule has 0 aromatic heterocycles. The van der Waals surface area contributed by atoms with Crippen molar-refractivity contribution in [3.8, 4) is 5.75 Å². The number of ether oxygens (including phenoxy) is 1. The van der Waals surface area contributed by atoms with E-state index in [9.17, 15) is 9.59 Å². The van der Waals surface area contributed by atoms with Crippen molar-refractivity contribution >= 4 is 11.8 Å². The van der Waals surface area contributed by atoms with Crippen molar-refractivity contribution in [3.63, 3.8) is 0 Å². The van der Waals surface area contributed by atoms with Gasteiger partial charge in [0.2, 0.25) is 11.8 Å². The van der Waals surface area contributed by atoms with Gasteiger partial charge in [-0.05, 0) is 50.3 Å². The molecule has 166 valence electrons. The van der Waals surface area contributed by atoms with Gasteiger partial charge in [0.1, 0.15) is 11.8 Å². The molecule has 5 heteroatoms. The average molecular weight is 423 g/mol. The smallest absolute Gasteiger partial charge is 0.242 e. The SMILES string of the molecule is C[C@@H](C(=O)NC1CCCC1)N(CCc1ccccc1)C(=O)CCCOc1ccccc1. The normalized spacial score (nSPS) is 14.7. The van der Waals surface area contributed by atoms with Gasteiger partial charge in [-0.25, -0.2) is 0 Å². The minimum absolute atomic E-state index is 0.00154. The molecule has 1 fully saturated rings. The average Bonchev–Trinajstić information content (AvgIpc) is 3.31. The molecule has 1 aliphatic carbocycles. The van der Waals surface area contributed by atoms with Gasteiger partial charge in [-0.15, -0.1) is 0 Å². The molecule has 5 nitrogen and oxygen atoms in total. The number of benzene rings is 2. The Bertz CT molecular complexity index is 804. The molecular weight excluding hydrogens is 388 g/mol. The lowest BCUT2D eigenvalue weighted by Crippen LogP contribution is -2.50. The lowest BCUT2D eigenvalue weighted by Gasteiger charge is -2.30. The maximum Gasteiger partial charge on any atom is 0.242 e. The van der Waals surface area contributed by atoms with Crippen LogP contribution in [0.2, 0.25) is 0 Å². The number of carbonyl (C=O) groups is 2. The molecule has 0 aliphatic heterocycles. The Kier molecular flexibility index (Phi) is 8.95. The van der Waals surface area contributed by atoms with Gasteiger partial charge in [0.15, 0.2) is 0 Å². The molecule has 0 bridgehead atoms. The fraction of sp³-hybridized carbons (Fsp3) is 0.462. The quantitative estimate of drug-likeness (QED) is 0.547. The Balaban J connectivity index is 1.55. The fourth-order valence-corrected chi connectivity index (χ4v) is 4.04. The first-order valence-corrected chi connectivity index (χ1v) is 11.4. The second-order valence-electron chi connectivity index (χ2n) is 8.25. The van der Waals surface area contributed by atoms with Crippen molar-refractivity contribution in [1.82, 2.24) is 10.2 Å². The van der Waals surface area contributed by atoms with Crippen LogP contribution in [0.3, 0.4) is 0 Å². The fourth-order valence-electron chi connectivity index (χ4n) is 4.04. The first kappa shape index (κ1) is 22.9. The second-order valence-corrected chi connectivity index (χ2v) is 8.25. The van der Waals surface area contributed by atoms with E-state index in [1.165, 1.54) is 0 Å². The molecule has 1 atom stereocenters. The molecule has 0 unspecified atom stereocenters. The Morgan fingerprint density at radius 2 is 1.68 bits per heavy atom. The summed E-state index contributed by atoms with van der Waals surface area (Å²) in [5, 5.41) is 3.14. The van der Waals surface area contributed by atoms with E-state index in [1.807, 2.05) is 55.5 Å². The second kappa shape index (κ2) is 12.1. The van der Waals surface area contributed by atoms with E-state index >= 15 is 0 Å². The van der Waals surface area contributed by atoms with Gasteiger partial charge in [-0.1, -0.05) is 61.4 Å². The van der Waals surface area contributed by atoms with E-state index in [1.54, 1.807) is 4.90 Å². The Labute approximate surface area is 185 Å². The van der Waals surface area contributed by atoms with Gasteiger partial charge in [0, 0.05) is 19.0 Å². The molecule has 0 heterocycles. The molecule has 1 saturated carbocycles. The zero-order valence-corrected chi connectivity index (χ0v) is 18.5. The number of nitrogens with zero attached hydrogens (tertiary/aromatic N) is 1. The van der Waals surface area contributed by atoms with E-state index in [-0.39, 0.29) is 17.9 Å². The molecule has 1 aliphatic rings. The van der Waals surface area contributed by atoms with Crippen LogP contribution in [0.15, 0.2) is 60.7 Å². The molecule has 0 spiro atoms. The minimum atomic E-state index is -0.480. The van der Waals surface area contributed by atoms with Crippen molar-refractivity contribution < 1.29 is 14.3 Å². The Hall–Kier alpha value is -2.82. The predicted molar refractivity (Wildman–Crippen MR) is 123 cm³/mol. The number of para-hydroxylation sites is 1. The first-order valence-electron chi connectivity index (χ1n) is 11.4. The summed E-state index contributed by atoms with van der Waals surface area (Å²) in [6.45, 7) is 2.85.